The minimum Gasteiger partial charge on any atom is -0.394 e. The number of hydrogen-bond acceptors (Lipinski definition) is 3. The molecule has 1 aliphatic heterocycles. The smallest absolute Gasteiger partial charge is 0.0701 e. The van der Waals surface area contributed by atoms with Gasteiger partial charge < -0.3 is 9.84 Å². The summed E-state index contributed by atoms with van der Waals surface area (Å²) in [6.45, 7) is 3.33. The predicted octanol–water partition coefficient (Wildman–Crippen LogP) is 2.97. The molecule has 0 spiro atoms. The summed E-state index contributed by atoms with van der Waals surface area (Å²) in [5.41, 5.74) is 1.07. The molecule has 0 amide bonds. The Kier molecular flexibility index (Phi) is 5.92. The van der Waals surface area contributed by atoms with E-state index in [0.29, 0.717) is 16.7 Å². The Hall–Kier alpha value is -0.320. The van der Waals surface area contributed by atoms with Gasteiger partial charge in [0.2, 0.25) is 0 Å². The maximum Gasteiger partial charge on any atom is 0.0701 e. The topological polar surface area (TPSA) is 32.7 Å². The van der Waals surface area contributed by atoms with E-state index in [1.54, 1.807) is 0 Å². The summed E-state index contributed by atoms with van der Waals surface area (Å²) in [6, 6.07) is 5.76. The van der Waals surface area contributed by atoms with Crippen molar-refractivity contribution in [2.45, 2.75) is 25.5 Å². The van der Waals surface area contributed by atoms with Crippen LogP contribution in [-0.2, 0) is 11.3 Å². The Bertz CT molecular complexity index is 406. The van der Waals surface area contributed by atoms with E-state index in [2.05, 4.69) is 4.90 Å². The zero-order valence-corrected chi connectivity index (χ0v) is 12.3. The Morgan fingerprint density at radius 2 is 2.00 bits per heavy atom. The van der Waals surface area contributed by atoms with Crippen molar-refractivity contribution in [1.29, 1.82) is 0 Å². The largest absolute Gasteiger partial charge is 0.394 e. The van der Waals surface area contributed by atoms with E-state index in [-0.39, 0.29) is 12.7 Å². The molecular formula is C14H19Cl2NO2. The van der Waals surface area contributed by atoms with Gasteiger partial charge >= 0.3 is 0 Å². The molecule has 1 aromatic carbocycles. The highest BCUT2D eigenvalue weighted by molar-refractivity contribution is 6.42. The van der Waals surface area contributed by atoms with Gasteiger partial charge in [-0.25, -0.2) is 0 Å². The highest BCUT2D eigenvalue weighted by Gasteiger charge is 2.20. The molecule has 0 saturated carbocycles. The van der Waals surface area contributed by atoms with E-state index >= 15 is 0 Å². The van der Waals surface area contributed by atoms with Crippen molar-refractivity contribution in [3.8, 4) is 0 Å². The second-order valence-electron chi connectivity index (χ2n) is 4.78. The van der Waals surface area contributed by atoms with Crippen LogP contribution in [0.4, 0.5) is 0 Å². The Morgan fingerprint density at radius 3 is 2.68 bits per heavy atom. The summed E-state index contributed by atoms with van der Waals surface area (Å²) in [5, 5.41) is 10.0. The van der Waals surface area contributed by atoms with Crippen LogP contribution in [-0.4, -0.2) is 42.4 Å². The molecule has 3 nitrogen and oxygen atoms in total. The quantitative estimate of drug-likeness (QED) is 0.908. The lowest BCUT2D eigenvalue weighted by molar-refractivity contribution is -0.00900. The normalized spacial score (nSPS) is 17.8. The molecule has 19 heavy (non-hydrogen) atoms. The molecule has 2 rings (SSSR count). The Labute approximate surface area is 124 Å². The van der Waals surface area contributed by atoms with Crippen LogP contribution < -0.4 is 0 Å². The number of rotatable bonds is 5. The number of hydrogen-bond donors (Lipinski definition) is 1. The Balaban J connectivity index is 1.84. The average molecular weight is 304 g/mol. The van der Waals surface area contributed by atoms with Crippen molar-refractivity contribution >= 4 is 23.2 Å². The molecule has 1 heterocycles. The molecule has 0 aromatic heterocycles. The summed E-state index contributed by atoms with van der Waals surface area (Å²) in [6.07, 6.45) is 2.27. The van der Waals surface area contributed by atoms with Gasteiger partial charge in [-0.2, -0.15) is 0 Å². The van der Waals surface area contributed by atoms with Crippen LogP contribution in [0.2, 0.25) is 10.0 Å². The third-order valence-corrected chi connectivity index (χ3v) is 4.26. The standard InChI is InChI=1S/C14H19Cl2NO2/c15-13-3-1-2-11(14(13)16)10-17-6-4-12(5-7-17)19-9-8-18/h1-3,12,18H,4-10H2. The summed E-state index contributed by atoms with van der Waals surface area (Å²) in [5.74, 6) is 0. The summed E-state index contributed by atoms with van der Waals surface area (Å²) in [7, 11) is 0. The van der Waals surface area contributed by atoms with Gasteiger partial charge in [-0.15, -0.1) is 0 Å². The van der Waals surface area contributed by atoms with Gasteiger partial charge in [-0.3, -0.25) is 4.90 Å². The van der Waals surface area contributed by atoms with Gasteiger partial charge in [0.25, 0.3) is 0 Å². The number of aliphatic hydroxyl groups is 1. The lowest BCUT2D eigenvalue weighted by Gasteiger charge is -2.32. The molecule has 0 bridgehead atoms. The van der Waals surface area contributed by atoms with Crippen LogP contribution in [0.1, 0.15) is 18.4 Å². The average Bonchev–Trinajstić information content (AvgIpc) is 2.43. The zero-order chi connectivity index (χ0) is 13.7. The van der Waals surface area contributed by atoms with Gasteiger partial charge in [0, 0.05) is 19.6 Å². The molecule has 1 fully saturated rings. The van der Waals surface area contributed by atoms with Crippen molar-refractivity contribution in [3.05, 3.63) is 33.8 Å². The minimum absolute atomic E-state index is 0.0956. The third-order valence-electron chi connectivity index (χ3n) is 3.40. The van der Waals surface area contributed by atoms with Crippen LogP contribution in [0.5, 0.6) is 0 Å². The molecule has 0 radical (unpaired) electrons. The van der Waals surface area contributed by atoms with E-state index in [1.807, 2.05) is 18.2 Å². The van der Waals surface area contributed by atoms with E-state index < -0.39 is 0 Å². The predicted molar refractivity (Wildman–Crippen MR) is 77.8 cm³/mol. The van der Waals surface area contributed by atoms with Gasteiger partial charge in [0.05, 0.1) is 29.4 Å². The first-order chi connectivity index (χ1) is 9.20. The fourth-order valence-corrected chi connectivity index (χ4v) is 2.74. The van der Waals surface area contributed by atoms with Crippen molar-refractivity contribution in [3.63, 3.8) is 0 Å². The molecule has 106 valence electrons. The second kappa shape index (κ2) is 7.46. The van der Waals surface area contributed by atoms with E-state index in [1.165, 1.54) is 0 Å². The fourth-order valence-electron chi connectivity index (χ4n) is 2.36. The molecular weight excluding hydrogens is 285 g/mol. The Morgan fingerprint density at radius 1 is 1.26 bits per heavy atom. The molecule has 0 unspecified atom stereocenters. The second-order valence-corrected chi connectivity index (χ2v) is 5.57. The summed E-state index contributed by atoms with van der Waals surface area (Å²) in [4.78, 5) is 2.36. The van der Waals surface area contributed by atoms with Crippen LogP contribution >= 0.6 is 23.2 Å². The molecule has 1 N–H and O–H groups in total. The van der Waals surface area contributed by atoms with Gasteiger partial charge in [-0.05, 0) is 24.5 Å². The number of likely N-dealkylation sites (tertiary alicyclic amines) is 1. The molecule has 1 saturated heterocycles. The first-order valence-corrected chi connectivity index (χ1v) is 7.34. The van der Waals surface area contributed by atoms with Crippen LogP contribution in [0.3, 0.4) is 0 Å². The third kappa shape index (κ3) is 4.33. The molecule has 0 atom stereocenters. The number of benzene rings is 1. The lowest BCUT2D eigenvalue weighted by Crippen LogP contribution is -2.37. The number of aliphatic hydroxyl groups excluding tert-OH is 1. The first kappa shape index (κ1) is 15.1. The lowest BCUT2D eigenvalue weighted by atomic mass is 10.1. The molecule has 1 aromatic rings. The zero-order valence-electron chi connectivity index (χ0n) is 10.8. The fraction of sp³-hybridized carbons (Fsp3) is 0.571. The number of ether oxygens (including phenoxy) is 1. The molecule has 1 aliphatic rings. The first-order valence-electron chi connectivity index (χ1n) is 6.58. The van der Waals surface area contributed by atoms with E-state index in [4.69, 9.17) is 33.0 Å². The summed E-state index contributed by atoms with van der Waals surface area (Å²) >= 11 is 12.2. The summed E-state index contributed by atoms with van der Waals surface area (Å²) < 4.78 is 5.55. The highest BCUT2D eigenvalue weighted by atomic mass is 35.5. The van der Waals surface area contributed by atoms with E-state index in [0.717, 1.165) is 38.0 Å². The van der Waals surface area contributed by atoms with Gasteiger partial charge in [0.1, 0.15) is 0 Å². The number of halogens is 2. The maximum atomic E-state index is 8.74. The highest BCUT2D eigenvalue weighted by Crippen LogP contribution is 2.27. The van der Waals surface area contributed by atoms with Crippen LogP contribution in [0.15, 0.2) is 18.2 Å². The van der Waals surface area contributed by atoms with Crippen LogP contribution in [0.25, 0.3) is 0 Å². The number of nitrogens with zero attached hydrogens (tertiary/aromatic N) is 1. The van der Waals surface area contributed by atoms with Crippen LogP contribution in [0, 0.1) is 0 Å². The van der Waals surface area contributed by atoms with Crippen molar-refractivity contribution < 1.29 is 9.84 Å². The minimum atomic E-state index is 0.0956. The molecule has 5 heteroatoms. The van der Waals surface area contributed by atoms with E-state index in [9.17, 15) is 0 Å². The maximum absolute atomic E-state index is 8.74. The van der Waals surface area contributed by atoms with Crippen molar-refractivity contribution in [2.24, 2.45) is 0 Å². The number of piperidine rings is 1. The van der Waals surface area contributed by atoms with Gasteiger partial charge in [0.15, 0.2) is 0 Å². The molecule has 0 aliphatic carbocycles. The SMILES string of the molecule is OCCOC1CCN(Cc2cccc(Cl)c2Cl)CC1. The van der Waals surface area contributed by atoms with Gasteiger partial charge in [-0.1, -0.05) is 35.3 Å². The monoisotopic (exact) mass is 303 g/mol. The van der Waals surface area contributed by atoms with Crippen molar-refractivity contribution in [1.82, 2.24) is 4.90 Å². The van der Waals surface area contributed by atoms with Crippen molar-refractivity contribution in [2.75, 3.05) is 26.3 Å².